The SMILES string of the molecule is CCN(CC)c1ccc2c(C#N)c(-c3nc4ccccc4o3)c(=O)oc2c1. The van der Waals surface area contributed by atoms with Gasteiger partial charge in [-0.15, -0.1) is 0 Å². The summed E-state index contributed by atoms with van der Waals surface area (Å²) in [5.74, 6) is 0.0937. The van der Waals surface area contributed by atoms with Gasteiger partial charge in [0.2, 0.25) is 5.89 Å². The van der Waals surface area contributed by atoms with Crippen LogP contribution in [0, 0.1) is 11.3 Å². The van der Waals surface area contributed by atoms with Crippen LogP contribution >= 0.6 is 0 Å². The van der Waals surface area contributed by atoms with E-state index in [9.17, 15) is 10.1 Å². The largest absolute Gasteiger partial charge is 0.436 e. The zero-order valence-corrected chi connectivity index (χ0v) is 15.0. The molecule has 6 nitrogen and oxygen atoms in total. The van der Waals surface area contributed by atoms with E-state index in [1.807, 2.05) is 18.2 Å². The topological polar surface area (TPSA) is 83.3 Å². The molecule has 0 saturated carbocycles. The first kappa shape index (κ1) is 16.9. The molecular weight excluding hydrogens is 342 g/mol. The van der Waals surface area contributed by atoms with Crippen molar-refractivity contribution >= 4 is 27.8 Å². The van der Waals surface area contributed by atoms with Crippen molar-refractivity contribution in [3.8, 4) is 17.5 Å². The van der Waals surface area contributed by atoms with Gasteiger partial charge in [-0.2, -0.15) is 5.26 Å². The number of nitrogens with zero attached hydrogens (tertiary/aromatic N) is 3. The lowest BCUT2D eigenvalue weighted by Gasteiger charge is -2.21. The van der Waals surface area contributed by atoms with E-state index in [2.05, 4.69) is 29.8 Å². The summed E-state index contributed by atoms with van der Waals surface area (Å²) >= 11 is 0. The molecule has 2 aromatic carbocycles. The Bertz CT molecular complexity index is 1210. The van der Waals surface area contributed by atoms with E-state index < -0.39 is 5.63 Å². The fourth-order valence-electron chi connectivity index (χ4n) is 3.26. The van der Waals surface area contributed by atoms with Crippen molar-refractivity contribution in [3.05, 3.63) is 58.4 Å². The highest BCUT2D eigenvalue weighted by atomic mass is 16.4. The van der Waals surface area contributed by atoms with Crippen LogP contribution < -0.4 is 10.5 Å². The molecule has 0 spiro atoms. The Kier molecular flexibility index (Phi) is 4.13. The van der Waals surface area contributed by atoms with Gasteiger partial charge in [0, 0.05) is 30.2 Å². The number of anilines is 1. The molecule has 0 aliphatic heterocycles. The van der Waals surface area contributed by atoms with Crippen LogP contribution in [-0.4, -0.2) is 18.1 Å². The summed E-state index contributed by atoms with van der Waals surface area (Å²) in [5.41, 5.74) is 2.11. The van der Waals surface area contributed by atoms with Gasteiger partial charge in [0.15, 0.2) is 5.58 Å². The standard InChI is InChI=1S/C21H17N3O3/c1-3-24(4-2)13-9-10-14-15(12-22)19(21(25)27-18(14)11-13)20-23-16-7-5-6-8-17(16)26-20/h5-11H,3-4H2,1-2H3. The second kappa shape index (κ2) is 6.61. The molecule has 0 bridgehead atoms. The second-order valence-electron chi connectivity index (χ2n) is 6.09. The van der Waals surface area contributed by atoms with E-state index in [-0.39, 0.29) is 17.0 Å². The average molecular weight is 359 g/mol. The highest BCUT2D eigenvalue weighted by molar-refractivity contribution is 5.91. The van der Waals surface area contributed by atoms with Crippen molar-refractivity contribution in [3.63, 3.8) is 0 Å². The maximum Gasteiger partial charge on any atom is 0.350 e. The first-order valence-electron chi connectivity index (χ1n) is 8.78. The Morgan fingerprint density at radius 1 is 1.07 bits per heavy atom. The monoisotopic (exact) mass is 359 g/mol. The lowest BCUT2D eigenvalue weighted by molar-refractivity contribution is 0.553. The summed E-state index contributed by atoms with van der Waals surface area (Å²) in [4.78, 5) is 19.2. The molecule has 0 aliphatic rings. The molecule has 0 amide bonds. The molecule has 2 heterocycles. The highest BCUT2D eigenvalue weighted by Gasteiger charge is 2.21. The first-order valence-corrected chi connectivity index (χ1v) is 8.78. The van der Waals surface area contributed by atoms with Gasteiger partial charge in [-0.3, -0.25) is 0 Å². The fourth-order valence-corrected chi connectivity index (χ4v) is 3.26. The van der Waals surface area contributed by atoms with Gasteiger partial charge in [-0.05, 0) is 38.1 Å². The lowest BCUT2D eigenvalue weighted by atomic mass is 10.0. The molecule has 134 valence electrons. The van der Waals surface area contributed by atoms with Crippen LogP contribution in [0.3, 0.4) is 0 Å². The van der Waals surface area contributed by atoms with Crippen LogP contribution in [0.25, 0.3) is 33.5 Å². The van der Waals surface area contributed by atoms with Crippen molar-refractivity contribution in [2.75, 3.05) is 18.0 Å². The van der Waals surface area contributed by atoms with Crippen LogP contribution in [0.15, 0.2) is 56.1 Å². The zero-order chi connectivity index (χ0) is 19.0. The number of nitriles is 1. The van der Waals surface area contributed by atoms with E-state index in [1.165, 1.54) is 0 Å². The van der Waals surface area contributed by atoms with Crippen molar-refractivity contribution in [2.45, 2.75) is 13.8 Å². The predicted octanol–water partition coefficient (Wildman–Crippen LogP) is 4.32. The summed E-state index contributed by atoms with van der Waals surface area (Å²) in [7, 11) is 0. The fraction of sp³-hybridized carbons (Fsp3) is 0.190. The molecule has 27 heavy (non-hydrogen) atoms. The molecular formula is C21H17N3O3. The summed E-state index contributed by atoms with van der Waals surface area (Å²) in [6.07, 6.45) is 0. The van der Waals surface area contributed by atoms with E-state index in [1.54, 1.807) is 24.3 Å². The molecule has 4 aromatic rings. The van der Waals surface area contributed by atoms with Crippen molar-refractivity contribution in [2.24, 2.45) is 0 Å². The molecule has 0 radical (unpaired) electrons. The first-order chi connectivity index (χ1) is 13.2. The highest BCUT2D eigenvalue weighted by Crippen LogP contribution is 2.30. The third-order valence-corrected chi connectivity index (χ3v) is 4.64. The minimum absolute atomic E-state index is 0.0526. The third kappa shape index (κ3) is 2.74. The zero-order valence-electron chi connectivity index (χ0n) is 15.0. The summed E-state index contributed by atoms with van der Waals surface area (Å²) in [6.45, 7) is 5.78. The Morgan fingerprint density at radius 3 is 2.56 bits per heavy atom. The summed E-state index contributed by atoms with van der Waals surface area (Å²) in [6, 6.07) is 14.8. The molecule has 4 rings (SSSR count). The van der Waals surface area contributed by atoms with Gasteiger partial charge in [0.05, 0.1) is 5.56 Å². The van der Waals surface area contributed by atoms with Gasteiger partial charge in [-0.1, -0.05) is 12.1 Å². The third-order valence-electron chi connectivity index (χ3n) is 4.64. The Morgan fingerprint density at radius 2 is 1.85 bits per heavy atom. The Balaban J connectivity index is 1.97. The normalized spacial score (nSPS) is 11.0. The van der Waals surface area contributed by atoms with E-state index in [0.717, 1.165) is 18.8 Å². The smallest absolute Gasteiger partial charge is 0.350 e. The van der Waals surface area contributed by atoms with Gasteiger partial charge in [0.1, 0.15) is 22.7 Å². The van der Waals surface area contributed by atoms with Gasteiger partial charge in [0.25, 0.3) is 0 Å². The Hall–Kier alpha value is -3.59. The second-order valence-corrected chi connectivity index (χ2v) is 6.09. The predicted molar refractivity (Wildman–Crippen MR) is 104 cm³/mol. The van der Waals surface area contributed by atoms with Crippen molar-refractivity contribution < 1.29 is 8.83 Å². The number of para-hydroxylation sites is 2. The quantitative estimate of drug-likeness (QED) is 0.505. The maximum atomic E-state index is 12.7. The average Bonchev–Trinajstić information content (AvgIpc) is 3.11. The molecule has 0 unspecified atom stereocenters. The van der Waals surface area contributed by atoms with Crippen LogP contribution in [0.5, 0.6) is 0 Å². The molecule has 0 fully saturated rings. The molecule has 0 saturated heterocycles. The van der Waals surface area contributed by atoms with E-state index in [4.69, 9.17) is 8.83 Å². The van der Waals surface area contributed by atoms with Gasteiger partial charge in [-0.25, -0.2) is 9.78 Å². The lowest BCUT2D eigenvalue weighted by Crippen LogP contribution is -2.21. The van der Waals surface area contributed by atoms with Gasteiger partial charge >= 0.3 is 5.63 Å². The van der Waals surface area contributed by atoms with Crippen LogP contribution in [0.4, 0.5) is 5.69 Å². The number of rotatable bonds is 4. The molecule has 0 atom stereocenters. The number of oxazole rings is 1. The summed E-state index contributed by atoms with van der Waals surface area (Å²) < 4.78 is 11.2. The van der Waals surface area contributed by atoms with Crippen LogP contribution in [0.1, 0.15) is 19.4 Å². The molecule has 0 N–H and O–H groups in total. The number of aromatic nitrogens is 1. The van der Waals surface area contributed by atoms with Crippen LogP contribution in [0.2, 0.25) is 0 Å². The van der Waals surface area contributed by atoms with E-state index >= 15 is 0 Å². The number of hydrogen-bond donors (Lipinski definition) is 0. The maximum absolute atomic E-state index is 12.7. The summed E-state index contributed by atoms with van der Waals surface area (Å²) in [5, 5.41) is 10.3. The minimum atomic E-state index is -0.637. The molecule has 6 heteroatoms. The molecule has 2 aromatic heterocycles. The van der Waals surface area contributed by atoms with Crippen molar-refractivity contribution in [1.29, 1.82) is 5.26 Å². The van der Waals surface area contributed by atoms with Crippen molar-refractivity contribution in [1.82, 2.24) is 4.98 Å². The number of hydrogen-bond acceptors (Lipinski definition) is 6. The molecule has 0 aliphatic carbocycles. The van der Waals surface area contributed by atoms with Crippen LogP contribution in [-0.2, 0) is 0 Å². The number of fused-ring (bicyclic) bond motifs is 2. The minimum Gasteiger partial charge on any atom is -0.436 e. The van der Waals surface area contributed by atoms with Gasteiger partial charge < -0.3 is 13.7 Å². The van der Waals surface area contributed by atoms with E-state index in [0.29, 0.717) is 22.1 Å². The number of benzene rings is 2. The Labute approximate surface area is 155 Å².